The zero-order valence-corrected chi connectivity index (χ0v) is 34.4. The smallest absolute Gasteiger partial charge is 0.407 e. The van der Waals surface area contributed by atoms with Crippen LogP contribution in [-0.4, -0.2) is 43.9 Å². The van der Waals surface area contributed by atoms with E-state index in [9.17, 15) is 14.4 Å². The number of alkyl carbamates (subject to hydrolysis) is 1. The van der Waals surface area contributed by atoms with Crippen molar-refractivity contribution in [1.29, 1.82) is 0 Å². The first kappa shape index (κ1) is 49.2. The standard InChI is InChI=1S/C44H85NO6/c1-5-9-12-15-18-19-20-21-22-23-24-25-26-27-30-33-36-45-44(48)50-39-40(8-4)38-49-42(46)37-43(47)51-41(34-31-28-16-13-10-6-2)35-32-29-17-14-11-7-3/h40-41H,5-39H2,1-4H3,(H,45,48). The van der Waals surface area contributed by atoms with Gasteiger partial charge in [-0.1, -0.05) is 188 Å². The van der Waals surface area contributed by atoms with Crippen LogP contribution in [0.1, 0.15) is 233 Å². The highest BCUT2D eigenvalue weighted by Gasteiger charge is 2.20. The Bertz CT molecular complexity index is 759. The van der Waals surface area contributed by atoms with Crippen LogP contribution in [0.3, 0.4) is 0 Å². The number of amides is 1. The van der Waals surface area contributed by atoms with E-state index < -0.39 is 18.0 Å². The average Bonchev–Trinajstić information content (AvgIpc) is 3.12. The minimum Gasteiger partial charge on any atom is -0.465 e. The fourth-order valence-corrected chi connectivity index (χ4v) is 6.57. The second-order valence-electron chi connectivity index (χ2n) is 15.2. The minimum absolute atomic E-state index is 0.112. The first-order valence-corrected chi connectivity index (χ1v) is 22.2. The molecule has 0 heterocycles. The Morgan fingerprint density at radius 2 is 0.824 bits per heavy atom. The number of ether oxygens (including phenoxy) is 3. The van der Waals surface area contributed by atoms with E-state index in [0.29, 0.717) is 13.0 Å². The number of hydrogen-bond donors (Lipinski definition) is 1. The van der Waals surface area contributed by atoms with Crippen molar-refractivity contribution in [2.75, 3.05) is 19.8 Å². The molecule has 1 N–H and O–H groups in total. The van der Waals surface area contributed by atoms with Crippen LogP contribution in [0.5, 0.6) is 0 Å². The normalized spacial score (nSPS) is 11.9. The fourth-order valence-electron chi connectivity index (χ4n) is 6.57. The lowest BCUT2D eigenvalue weighted by Gasteiger charge is -2.19. The molecule has 302 valence electrons. The highest BCUT2D eigenvalue weighted by molar-refractivity contribution is 5.91. The van der Waals surface area contributed by atoms with E-state index in [1.807, 2.05) is 6.92 Å². The van der Waals surface area contributed by atoms with Crippen molar-refractivity contribution in [3.05, 3.63) is 0 Å². The molecule has 0 rings (SSSR count). The van der Waals surface area contributed by atoms with E-state index in [1.54, 1.807) is 0 Å². The Hall–Kier alpha value is -1.79. The molecule has 0 aromatic heterocycles. The molecule has 0 radical (unpaired) electrons. The van der Waals surface area contributed by atoms with Gasteiger partial charge in [0, 0.05) is 12.5 Å². The van der Waals surface area contributed by atoms with Crippen LogP contribution in [0, 0.1) is 5.92 Å². The Labute approximate surface area is 316 Å². The molecule has 1 amide bonds. The highest BCUT2D eigenvalue weighted by atomic mass is 16.6. The monoisotopic (exact) mass is 724 g/mol. The van der Waals surface area contributed by atoms with Gasteiger partial charge in [-0.25, -0.2) is 4.79 Å². The van der Waals surface area contributed by atoms with Crippen molar-refractivity contribution < 1.29 is 28.6 Å². The van der Waals surface area contributed by atoms with Crippen LogP contribution in [0.4, 0.5) is 4.79 Å². The Kier molecular flexibility index (Phi) is 38.0. The summed E-state index contributed by atoms with van der Waals surface area (Å²) in [6, 6.07) is 0. The fraction of sp³-hybridized carbons (Fsp3) is 0.932. The molecule has 0 aromatic carbocycles. The van der Waals surface area contributed by atoms with Crippen LogP contribution in [-0.2, 0) is 23.8 Å². The molecule has 0 saturated carbocycles. The molecule has 0 aromatic rings. The molecule has 7 heteroatoms. The Morgan fingerprint density at radius 3 is 1.24 bits per heavy atom. The van der Waals surface area contributed by atoms with Crippen LogP contribution >= 0.6 is 0 Å². The molecule has 0 saturated heterocycles. The lowest BCUT2D eigenvalue weighted by Crippen LogP contribution is -2.29. The summed E-state index contributed by atoms with van der Waals surface area (Å²) in [6.07, 6.45) is 37.1. The molecule has 1 atom stereocenters. The van der Waals surface area contributed by atoms with E-state index in [2.05, 4.69) is 26.1 Å². The largest absolute Gasteiger partial charge is 0.465 e. The van der Waals surface area contributed by atoms with E-state index in [-0.39, 0.29) is 31.7 Å². The second-order valence-corrected chi connectivity index (χ2v) is 15.2. The molecular formula is C44H85NO6. The SMILES string of the molecule is CCCCCCCCCCCCCCCCCCNC(=O)OCC(CC)COC(=O)CC(=O)OC(CCCCCCCC)CCCCCCCC. The lowest BCUT2D eigenvalue weighted by atomic mass is 10.0. The minimum atomic E-state index is -0.579. The molecule has 0 bridgehead atoms. The van der Waals surface area contributed by atoms with Crippen molar-refractivity contribution in [3.63, 3.8) is 0 Å². The number of hydrogen-bond acceptors (Lipinski definition) is 6. The first-order chi connectivity index (χ1) is 25.0. The van der Waals surface area contributed by atoms with Gasteiger partial charge in [0.25, 0.3) is 0 Å². The van der Waals surface area contributed by atoms with Gasteiger partial charge in [0.15, 0.2) is 0 Å². The Morgan fingerprint density at radius 1 is 0.451 bits per heavy atom. The van der Waals surface area contributed by atoms with Gasteiger partial charge in [0.2, 0.25) is 0 Å². The van der Waals surface area contributed by atoms with Crippen molar-refractivity contribution >= 4 is 18.0 Å². The van der Waals surface area contributed by atoms with Crippen LogP contribution in [0.2, 0.25) is 0 Å². The lowest BCUT2D eigenvalue weighted by molar-refractivity contribution is -0.159. The van der Waals surface area contributed by atoms with Gasteiger partial charge in [0.05, 0.1) is 13.2 Å². The molecule has 0 aliphatic heterocycles. The number of rotatable bonds is 39. The second kappa shape index (κ2) is 39.4. The molecule has 51 heavy (non-hydrogen) atoms. The average molecular weight is 724 g/mol. The summed E-state index contributed by atoms with van der Waals surface area (Å²) in [7, 11) is 0. The van der Waals surface area contributed by atoms with Crippen molar-refractivity contribution in [3.8, 4) is 0 Å². The van der Waals surface area contributed by atoms with E-state index in [1.165, 1.54) is 141 Å². The van der Waals surface area contributed by atoms with Crippen LogP contribution in [0.15, 0.2) is 0 Å². The number of carbonyl (C=O) groups excluding carboxylic acids is 3. The molecule has 1 unspecified atom stereocenters. The first-order valence-electron chi connectivity index (χ1n) is 22.2. The van der Waals surface area contributed by atoms with E-state index >= 15 is 0 Å². The summed E-state index contributed by atoms with van der Waals surface area (Å²) in [5, 5.41) is 2.84. The zero-order chi connectivity index (χ0) is 37.5. The maximum atomic E-state index is 12.6. The number of esters is 2. The van der Waals surface area contributed by atoms with Crippen molar-refractivity contribution in [2.24, 2.45) is 5.92 Å². The Balaban J connectivity index is 4.02. The predicted octanol–water partition coefficient (Wildman–Crippen LogP) is 13.3. The number of unbranched alkanes of at least 4 members (excludes halogenated alkanes) is 25. The van der Waals surface area contributed by atoms with Crippen molar-refractivity contribution in [2.45, 2.75) is 239 Å². The topological polar surface area (TPSA) is 90.9 Å². The summed E-state index contributed by atoms with van der Waals surface area (Å²) >= 11 is 0. The highest BCUT2D eigenvalue weighted by Crippen LogP contribution is 2.18. The van der Waals surface area contributed by atoms with Crippen LogP contribution < -0.4 is 5.32 Å². The van der Waals surface area contributed by atoms with Gasteiger partial charge in [-0.3, -0.25) is 9.59 Å². The third-order valence-electron chi connectivity index (χ3n) is 10.2. The summed E-state index contributed by atoms with van der Waals surface area (Å²) in [6.45, 7) is 9.60. The number of nitrogens with one attached hydrogen (secondary N) is 1. The third kappa shape index (κ3) is 36.4. The van der Waals surface area contributed by atoms with Gasteiger partial charge in [-0.05, 0) is 38.5 Å². The molecule has 0 aliphatic rings. The zero-order valence-electron chi connectivity index (χ0n) is 34.4. The van der Waals surface area contributed by atoms with Gasteiger partial charge >= 0.3 is 18.0 Å². The summed E-state index contributed by atoms with van der Waals surface area (Å²) < 4.78 is 16.6. The van der Waals surface area contributed by atoms with E-state index in [4.69, 9.17) is 14.2 Å². The maximum Gasteiger partial charge on any atom is 0.407 e. The van der Waals surface area contributed by atoms with E-state index in [0.717, 1.165) is 51.4 Å². The summed E-state index contributed by atoms with van der Waals surface area (Å²) in [4.78, 5) is 37.3. The van der Waals surface area contributed by atoms with Gasteiger partial charge in [0.1, 0.15) is 12.5 Å². The maximum absolute atomic E-state index is 12.6. The molecule has 0 aliphatic carbocycles. The molecule has 0 fully saturated rings. The summed E-state index contributed by atoms with van der Waals surface area (Å²) in [5.41, 5.74) is 0. The van der Waals surface area contributed by atoms with Crippen LogP contribution in [0.25, 0.3) is 0 Å². The quantitative estimate of drug-likeness (QED) is 0.0294. The summed E-state index contributed by atoms with van der Waals surface area (Å²) in [5.74, 6) is -1.19. The molecule has 0 spiro atoms. The predicted molar refractivity (Wildman–Crippen MR) is 214 cm³/mol. The molecular weight excluding hydrogens is 638 g/mol. The van der Waals surface area contributed by atoms with Gasteiger partial charge in [-0.15, -0.1) is 0 Å². The third-order valence-corrected chi connectivity index (χ3v) is 10.2. The van der Waals surface area contributed by atoms with Gasteiger partial charge in [-0.2, -0.15) is 0 Å². The molecule has 7 nitrogen and oxygen atoms in total. The van der Waals surface area contributed by atoms with Gasteiger partial charge < -0.3 is 19.5 Å². The number of carbonyl (C=O) groups is 3. The van der Waals surface area contributed by atoms with Crippen molar-refractivity contribution in [1.82, 2.24) is 5.32 Å².